The van der Waals surface area contributed by atoms with E-state index >= 15 is 0 Å². The van der Waals surface area contributed by atoms with Gasteiger partial charge in [-0.05, 0) is 32.7 Å². The standard InChI is InChI=1S/C13H22N2O4/c1-14-8-5-7-13(14,12(17)19-3)15-9-4-6-10(15)11(16)18-2/h10H,4-9H2,1-3H3/t10-,13+/m0/s1. The van der Waals surface area contributed by atoms with Gasteiger partial charge in [-0.25, -0.2) is 4.79 Å². The highest BCUT2D eigenvalue weighted by molar-refractivity contribution is 5.83. The number of nitrogens with zero attached hydrogens (tertiary/aromatic N) is 2. The van der Waals surface area contributed by atoms with Crippen LogP contribution in [0, 0.1) is 0 Å². The van der Waals surface area contributed by atoms with Gasteiger partial charge in [-0.3, -0.25) is 14.6 Å². The number of methoxy groups -OCH3 is 2. The van der Waals surface area contributed by atoms with Crippen LogP contribution < -0.4 is 0 Å². The molecule has 0 saturated carbocycles. The molecule has 2 aliphatic heterocycles. The summed E-state index contributed by atoms with van der Waals surface area (Å²) in [7, 11) is 4.71. The number of hydrogen-bond donors (Lipinski definition) is 0. The van der Waals surface area contributed by atoms with E-state index in [0.717, 1.165) is 32.4 Å². The molecule has 2 fully saturated rings. The Morgan fingerprint density at radius 3 is 2.42 bits per heavy atom. The van der Waals surface area contributed by atoms with E-state index in [1.165, 1.54) is 14.2 Å². The molecule has 0 amide bonds. The maximum atomic E-state index is 12.3. The Morgan fingerprint density at radius 1 is 1.16 bits per heavy atom. The molecule has 2 saturated heterocycles. The molecule has 0 N–H and O–H groups in total. The summed E-state index contributed by atoms with van der Waals surface area (Å²) < 4.78 is 9.87. The first-order chi connectivity index (χ1) is 9.07. The van der Waals surface area contributed by atoms with Crippen molar-refractivity contribution in [1.82, 2.24) is 9.80 Å². The Labute approximate surface area is 113 Å². The summed E-state index contributed by atoms with van der Waals surface area (Å²) in [5.41, 5.74) is -0.801. The zero-order chi connectivity index (χ0) is 14.0. The van der Waals surface area contributed by atoms with Crippen LogP contribution in [0.3, 0.4) is 0 Å². The minimum atomic E-state index is -0.801. The van der Waals surface area contributed by atoms with Gasteiger partial charge in [0.15, 0.2) is 5.66 Å². The Bertz CT molecular complexity index is 374. The van der Waals surface area contributed by atoms with Crippen molar-refractivity contribution >= 4 is 11.9 Å². The molecule has 2 aliphatic rings. The summed E-state index contributed by atoms with van der Waals surface area (Å²) >= 11 is 0. The Hall–Kier alpha value is -1.14. The summed E-state index contributed by atoms with van der Waals surface area (Å²) in [4.78, 5) is 28.2. The summed E-state index contributed by atoms with van der Waals surface area (Å²) in [6, 6.07) is -0.343. The molecule has 6 nitrogen and oxygen atoms in total. The Balaban J connectivity index is 2.33. The average molecular weight is 270 g/mol. The Morgan fingerprint density at radius 2 is 1.89 bits per heavy atom. The quantitative estimate of drug-likeness (QED) is 0.684. The maximum Gasteiger partial charge on any atom is 0.341 e. The lowest BCUT2D eigenvalue weighted by molar-refractivity contribution is -0.172. The van der Waals surface area contributed by atoms with Gasteiger partial charge in [0.05, 0.1) is 14.2 Å². The minimum Gasteiger partial charge on any atom is -0.468 e. The number of hydrogen-bond acceptors (Lipinski definition) is 6. The van der Waals surface area contributed by atoms with Gasteiger partial charge in [0.1, 0.15) is 6.04 Å². The maximum absolute atomic E-state index is 12.3. The lowest BCUT2D eigenvalue weighted by atomic mass is 10.0. The first-order valence-corrected chi connectivity index (χ1v) is 6.72. The summed E-state index contributed by atoms with van der Waals surface area (Å²) in [6.07, 6.45) is 3.26. The van der Waals surface area contributed by atoms with Gasteiger partial charge in [-0.15, -0.1) is 0 Å². The number of ether oxygens (including phenoxy) is 2. The van der Waals surface area contributed by atoms with Crippen LogP contribution in [0.25, 0.3) is 0 Å². The number of esters is 2. The van der Waals surface area contributed by atoms with Crippen molar-refractivity contribution in [1.29, 1.82) is 0 Å². The summed E-state index contributed by atoms with van der Waals surface area (Å²) in [5.74, 6) is -0.538. The third kappa shape index (κ3) is 2.12. The van der Waals surface area contributed by atoms with E-state index in [2.05, 4.69) is 0 Å². The highest BCUT2D eigenvalue weighted by Gasteiger charge is 2.56. The molecular formula is C13H22N2O4. The topological polar surface area (TPSA) is 59.1 Å². The lowest BCUT2D eigenvalue weighted by Crippen LogP contribution is -2.64. The second-order valence-electron chi connectivity index (χ2n) is 5.21. The molecule has 0 aliphatic carbocycles. The predicted octanol–water partition coefficient (Wildman–Crippen LogP) is 0.219. The lowest BCUT2D eigenvalue weighted by Gasteiger charge is -2.43. The number of likely N-dealkylation sites (tertiary alicyclic amines) is 2. The molecule has 2 rings (SSSR count). The van der Waals surface area contributed by atoms with E-state index in [1.807, 2.05) is 16.8 Å². The molecule has 2 heterocycles. The highest BCUT2D eigenvalue weighted by Crippen LogP contribution is 2.38. The van der Waals surface area contributed by atoms with Gasteiger partial charge >= 0.3 is 11.9 Å². The average Bonchev–Trinajstić information content (AvgIpc) is 3.03. The van der Waals surface area contributed by atoms with Crippen molar-refractivity contribution in [3.05, 3.63) is 0 Å². The van der Waals surface area contributed by atoms with Crippen LogP contribution in [0.1, 0.15) is 25.7 Å². The van der Waals surface area contributed by atoms with E-state index in [-0.39, 0.29) is 18.0 Å². The summed E-state index contributed by atoms with van der Waals surface area (Å²) in [5, 5.41) is 0. The van der Waals surface area contributed by atoms with Gasteiger partial charge < -0.3 is 9.47 Å². The van der Waals surface area contributed by atoms with E-state index in [9.17, 15) is 9.59 Å². The molecule has 19 heavy (non-hydrogen) atoms. The largest absolute Gasteiger partial charge is 0.468 e. The monoisotopic (exact) mass is 270 g/mol. The molecular weight excluding hydrogens is 248 g/mol. The van der Waals surface area contributed by atoms with E-state index in [0.29, 0.717) is 6.42 Å². The van der Waals surface area contributed by atoms with Crippen LogP contribution in [0.2, 0.25) is 0 Å². The van der Waals surface area contributed by atoms with E-state index in [4.69, 9.17) is 9.47 Å². The molecule has 6 heteroatoms. The number of carbonyl (C=O) groups excluding carboxylic acids is 2. The van der Waals surface area contributed by atoms with Gasteiger partial charge in [0.25, 0.3) is 0 Å². The van der Waals surface area contributed by atoms with Crippen LogP contribution in [-0.2, 0) is 19.1 Å². The van der Waals surface area contributed by atoms with Crippen molar-refractivity contribution < 1.29 is 19.1 Å². The van der Waals surface area contributed by atoms with Crippen LogP contribution in [-0.4, -0.2) is 67.8 Å². The molecule has 0 aromatic heterocycles. The molecule has 0 aromatic carbocycles. The van der Waals surface area contributed by atoms with Crippen LogP contribution >= 0.6 is 0 Å². The second-order valence-corrected chi connectivity index (χ2v) is 5.21. The van der Waals surface area contributed by atoms with Crippen molar-refractivity contribution in [3.63, 3.8) is 0 Å². The highest BCUT2D eigenvalue weighted by atomic mass is 16.5. The van der Waals surface area contributed by atoms with Crippen molar-refractivity contribution in [2.75, 3.05) is 34.4 Å². The molecule has 0 bridgehead atoms. The number of rotatable bonds is 3. The summed E-state index contributed by atoms with van der Waals surface area (Å²) in [6.45, 7) is 1.55. The third-order valence-corrected chi connectivity index (χ3v) is 4.36. The SMILES string of the molecule is COC(=O)[C@@H]1CCCN1[C@@]1(C(=O)OC)CCCN1C. The van der Waals surface area contributed by atoms with Gasteiger partial charge in [0.2, 0.25) is 0 Å². The fourth-order valence-corrected chi connectivity index (χ4v) is 3.43. The van der Waals surface area contributed by atoms with Crippen LogP contribution in [0.4, 0.5) is 0 Å². The second kappa shape index (κ2) is 5.46. The minimum absolute atomic E-state index is 0.263. The number of carbonyl (C=O) groups is 2. The zero-order valence-electron chi connectivity index (χ0n) is 11.8. The third-order valence-electron chi connectivity index (χ3n) is 4.36. The molecule has 0 radical (unpaired) electrons. The molecule has 0 spiro atoms. The van der Waals surface area contributed by atoms with Crippen molar-refractivity contribution in [3.8, 4) is 0 Å². The molecule has 108 valence electrons. The van der Waals surface area contributed by atoms with E-state index in [1.54, 1.807) is 0 Å². The fraction of sp³-hybridized carbons (Fsp3) is 0.846. The normalized spacial score (nSPS) is 32.5. The van der Waals surface area contributed by atoms with Gasteiger partial charge in [0, 0.05) is 13.1 Å². The van der Waals surface area contributed by atoms with Gasteiger partial charge in [-0.2, -0.15) is 0 Å². The van der Waals surface area contributed by atoms with Crippen molar-refractivity contribution in [2.45, 2.75) is 37.4 Å². The smallest absolute Gasteiger partial charge is 0.341 e. The molecule has 2 atom stereocenters. The molecule has 0 aromatic rings. The van der Waals surface area contributed by atoms with Crippen LogP contribution in [0.5, 0.6) is 0 Å². The molecule has 0 unspecified atom stereocenters. The fourth-order valence-electron chi connectivity index (χ4n) is 3.43. The van der Waals surface area contributed by atoms with Crippen molar-refractivity contribution in [2.24, 2.45) is 0 Å². The first-order valence-electron chi connectivity index (χ1n) is 6.72. The number of likely N-dealkylation sites (N-methyl/N-ethyl adjacent to an activating group) is 1. The zero-order valence-corrected chi connectivity index (χ0v) is 11.8. The van der Waals surface area contributed by atoms with Crippen LogP contribution in [0.15, 0.2) is 0 Å². The Kier molecular flexibility index (Phi) is 4.10. The predicted molar refractivity (Wildman–Crippen MR) is 68.4 cm³/mol. The van der Waals surface area contributed by atoms with E-state index < -0.39 is 5.66 Å². The first kappa shape index (κ1) is 14.3. The van der Waals surface area contributed by atoms with Gasteiger partial charge in [-0.1, -0.05) is 0 Å².